The Morgan fingerprint density at radius 2 is 1.68 bits per heavy atom. The molecule has 0 aliphatic carbocycles. The molecule has 0 saturated heterocycles. The molecule has 1 amide bonds. The number of rotatable bonds is 7. The maximum atomic E-state index is 12.9. The number of anilines is 2. The first-order chi connectivity index (χ1) is 13.1. The Hall–Kier alpha value is -2.74. The normalized spacial score (nSPS) is 12.2. The molecule has 0 aromatic heterocycles. The highest BCUT2D eigenvalue weighted by atomic mass is 32.2. The molecule has 2 aromatic rings. The number of methoxy groups -OCH3 is 2. The van der Waals surface area contributed by atoms with Crippen LogP contribution >= 0.6 is 0 Å². The van der Waals surface area contributed by atoms with E-state index in [2.05, 4.69) is 5.32 Å². The Labute approximate surface area is 166 Å². The van der Waals surface area contributed by atoms with Gasteiger partial charge >= 0.3 is 0 Å². The summed E-state index contributed by atoms with van der Waals surface area (Å²) < 4.78 is 36.7. The lowest BCUT2D eigenvalue weighted by Gasteiger charge is -2.30. The number of aryl methyl sites for hydroxylation is 2. The van der Waals surface area contributed by atoms with Crippen LogP contribution in [0.1, 0.15) is 18.1 Å². The smallest absolute Gasteiger partial charge is 0.248 e. The summed E-state index contributed by atoms with van der Waals surface area (Å²) in [6, 6.07) is 9.43. The molecule has 1 atom stereocenters. The molecule has 0 radical (unpaired) electrons. The molecule has 7 nitrogen and oxygen atoms in total. The fourth-order valence-corrected chi connectivity index (χ4v) is 4.16. The number of carbonyl (C=O) groups excluding carboxylic acids is 1. The summed E-state index contributed by atoms with van der Waals surface area (Å²) >= 11 is 0. The number of amides is 1. The number of carbonyl (C=O) groups is 1. The lowest BCUT2D eigenvalue weighted by Crippen LogP contribution is -2.45. The van der Waals surface area contributed by atoms with Crippen LogP contribution in [0.25, 0.3) is 0 Å². The standard InChI is InChI=1S/C20H26N2O5S/c1-13-8-7-9-14(2)19(13)21-20(23)15(3)22(28(6,24)25)17-12-16(26-4)10-11-18(17)27-5/h7-12,15H,1-6H3,(H,21,23)/t15-/m0/s1. The van der Waals surface area contributed by atoms with Crippen molar-refractivity contribution in [3.8, 4) is 11.5 Å². The Morgan fingerprint density at radius 1 is 1.07 bits per heavy atom. The van der Waals surface area contributed by atoms with Gasteiger partial charge in [0.15, 0.2) is 0 Å². The van der Waals surface area contributed by atoms with Gasteiger partial charge in [-0.1, -0.05) is 18.2 Å². The Balaban J connectivity index is 2.48. The molecular weight excluding hydrogens is 380 g/mol. The zero-order valence-corrected chi connectivity index (χ0v) is 17.8. The number of hydrogen-bond donors (Lipinski definition) is 1. The van der Waals surface area contributed by atoms with Gasteiger partial charge in [0.05, 0.1) is 26.2 Å². The molecule has 2 rings (SSSR count). The number of ether oxygens (including phenoxy) is 2. The average molecular weight is 407 g/mol. The Kier molecular flexibility index (Phi) is 6.56. The van der Waals surface area contributed by atoms with Gasteiger partial charge in [0.2, 0.25) is 15.9 Å². The van der Waals surface area contributed by atoms with Crippen molar-refractivity contribution in [3.63, 3.8) is 0 Å². The molecule has 0 unspecified atom stereocenters. The van der Waals surface area contributed by atoms with Crippen LogP contribution in [0.3, 0.4) is 0 Å². The van der Waals surface area contributed by atoms with E-state index in [0.29, 0.717) is 17.2 Å². The molecule has 0 spiro atoms. The summed E-state index contributed by atoms with van der Waals surface area (Å²) in [4.78, 5) is 12.9. The third kappa shape index (κ3) is 4.56. The number of para-hydroxylation sites is 1. The Morgan fingerprint density at radius 3 is 2.18 bits per heavy atom. The summed E-state index contributed by atoms with van der Waals surface area (Å²) in [6.07, 6.45) is 1.05. The van der Waals surface area contributed by atoms with Gasteiger partial charge in [0.1, 0.15) is 17.5 Å². The molecule has 0 bridgehead atoms. The minimum atomic E-state index is -3.80. The van der Waals surface area contributed by atoms with Crippen molar-refractivity contribution in [2.45, 2.75) is 26.8 Å². The highest BCUT2D eigenvalue weighted by molar-refractivity contribution is 7.92. The van der Waals surface area contributed by atoms with Crippen LogP contribution in [0, 0.1) is 13.8 Å². The maximum absolute atomic E-state index is 12.9. The molecule has 1 N–H and O–H groups in total. The monoisotopic (exact) mass is 406 g/mol. The summed E-state index contributed by atoms with van der Waals surface area (Å²) in [7, 11) is -0.878. The van der Waals surface area contributed by atoms with Gasteiger partial charge in [-0.05, 0) is 44.0 Å². The summed E-state index contributed by atoms with van der Waals surface area (Å²) in [5, 5.41) is 2.85. The quantitative estimate of drug-likeness (QED) is 0.764. The molecule has 8 heteroatoms. The molecule has 152 valence electrons. The van der Waals surface area contributed by atoms with Gasteiger partial charge in [-0.3, -0.25) is 9.10 Å². The molecule has 2 aromatic carbocycles. The van der Waals surface area contributed by atoms with E-state index in [4.69, 9.17) is 9.47 Å². The second kappa shape index (κ2) is 8.52. The predicted molar refractivity (Wildman–Crippen MR) is 111 cm³/mol. The molecule has 0 heterocycles. The summed E-state index contributed by atoms with van der Waals surface area (Å²) in [5.74, 6) is 0.317. The third-order valence-electron chi connectivity index (χ3n) is 4.44. The van der Waals surface area contributed by atoms with Crippen LogP contribution < -0.4 is 19.1 Å². The molecule has 0 saturated carbocycles. The highest BCUT2D eigenvalue weighted by Gasteiger charge is 2.32. The third-order valence-corrected chi connectivity index (χ3v) is 5.67. The number of sulfonamides is 1. The van der Waals surface area contributed by atoms with Crippen molar-refractivity contribution < 1.29 is 22.7 Å². The van der Waals surface area contributed by atoms with Crippen molar-refractivity contribution in [2.24, 2.45) is 0 Å². The van der Waals surface area contributed by atoms with Crippen LogP contribution in [-0.4, -0.2) is 40.8 Å². The van der Waals surface area contributed by atoms with E-state index in [1.165, 1.54) is 27.2 Å². The topological polar surface area (TPSA) is 84.9 Å². The fraction of sp³-hybridized carbons (Fsp3) is 0.350. The number of hydrogen-bond acceptors (Lipinski definition) is 5. The van der Waals surface area contributed by atoms with Crippen molar-refractivity contribution >= 4 is 27.3 Å². The predicted octanol–water partition coefficient (Wildman–Crippen LogP) is 3.11. The van der Waals surface area contributed by atoms with Gasteiger partial charge in [-0.25, -0.2) is 8.42 Å². The zero-order valence-electron chi connectivity index (χ0n) is 16.9. The van der Waals surface area contributed by atoms with Gasteiger partial charge in [-0.15, -0.1) is 0 Å². The first-order valence-electron chi connectivity index (χ1n) is 8.68. The van der Waals surface area contributed by atoms with Crippen LogP contribution in [0.2, 0.25) is 0 Å². The first kappa shape index (κ1) is 21.6. The number of nitrogens with one attached hydrogen (secondary N) is 1. The van der Waals surface area contributed by atoms with Gasteiger partial charge in [-0.2, -0.15) is 0 Å². The second-order valence-corrected chi connectivity index (χ2v) is 8.39. The van der Waals surface area contributed by atoms with Crippen molar-refractivity contribution in [1.82, 2.24) is 0 Å². The lowest BCUT2D eigenvalue weighted by molar-refractivity contribution is -0.116. The van der Waals surface area contributed by atoms with E-state index in [1.54, 1.807) is 12.1 Å². The van der Waals surface area contributed by atoms with Gasteiger partial charge in [0.25, 0.3) is 0 Å². The van der Waals surface area contributed by atoms with E-state index in [0.717, 1.165) is 21.7 Å². The van der Waals surface area contributed by atoms with Crippen LogP contribution in [-0.2, 0) is 14.8 Å². The molecule has 0 aliphatic rings. The van der Waals surface area contributed by atoms with Crippen LogP contribution in [0.5, 0.6) is 11.5 Å². The van der Waals surface area contributed by atoms with Crippen molar-refractivity contribution in [2.75, 3.05) is 30.1 Å². The highest BCUT2D eigenvalue weighted by Crippen LogP contribution is 2.35. The van der Waals surface area contributed by atoms with E-state index >= 15 is 0 Å². The van der Waals surface area contributed by atoms with E-state index in [9.17, 15) is 13.2 Å². The number of benzene rings is 2. The van der Waals surface area contributed by atoms with Crippen molar-refractivity contribution in [1.29, 1.82) is 0 Å². The first-order valence-corrected chi connectivity index (χ1v) is 10.5. The van der Waals surface area contributed by atoms with E-state index in [-0.39, 0.29) is 5.69 Å². The van der Waals surface area contributed by atoms with E-state index < -0.39 is 22.0 Å². The lowest BCUT2D eigenvalue weighted by atomic mass is 10.1. The molecule has 28 heavy (non-hydrogen) atoms. The SMILES string of the molecule is COc1ccc(OC)c(N([C@@H](C)C(=O)Nc2c(C)cccc2C)S(C)(=O)=O)c1. The maximum Gasteiger partial charge on any atom is 0.248 e. The van der Waals surface area contributed by atoms with Crippen molar-refractivity contribution in [3.05, 3.63) is 47.5 Å². The minimum Gasteiger partial charge on any atom is -0.497 e. The average Bonchev–Trinajstić information content (AvgIpc) is 2.63. The minimum absolute atomic E-state index is 0.230. The van der Waals surface area contributed by atoms with Crippen LogP contribution in [0.4, 0.5) is 11.4 Å². The van der Waals surface area contributed by atoms with Gasteiger partial charge in [0, 0.05) is 11.8 Å². The second-order valence-electron chi connectivity index (χ2n) is 6.53. The molecule has 0 aliphatic heterocycles. The number of nitrogens with zero attached hydrogens (tertiary/aromatic N) is 1. The summed E-state index contributed by atoms with van der Waals surface area (Å²) in [6.45, 7) is 5.29. The fourth-order valence-electron chi connectivity index (χ4n) is 2.99. The Bertz CT molecular complexity index is 952. The largest absolute Gasteiger partial charge is 0.497 e. The van der Waals surface area contributed by atoms with E-state index in [1.807, 2.05) is 32.0 Å². The summed E-state index contributed by atoms with van der Waals surface area (Å²) in [5.41, 5.74) is 2.69. The van der Waals surface area contributed by atoms with Gasteiger partial charge < -0.3 is 14.8 Å². The van der Waals surface area contributed by atoms with Crippen LogP contribution in [0.15, 0.2) is 36.4 Å². The molecule has 0 fully saturated rings. The molecular formula is C20H26N2O5S. The zero-order chi connectivity index (χ0) is 21.1.